The summed E-state index contributed by atoms with van der Waals surface area (Å²) >= 11 is 1.85. The third kappa shape index (κ3) is 8.70. The predicted molar refractivity (Wildman–Crippen MR) is 335 cm³/mol. The Bertz CT molecular complexity index is 4230. The van der Waals surface area contributed by atoms with Gasteiger partial charge in [0, 0.05) is 43.3 Å². The minimum absolute atomic E-state index is 1.01. The van der Waals surface area contributed by atoms with Gasteiger partial charge in [0.2, 0.25) is 0 Å². The van der Waals surface area contributed by atoms with Crippen LogP contribution in [0.25, 0.3) is 75.1 Å². The molecule has 0 unspecified atom stereocenters. The molecule has 0 saturated carbocycles. The van der Waals surface area contributed by atoms with Gasteiger partial charge in [-0.2, -0.15) is 0 Å². The number of rotatable bonds is 12. The largest absolute Gasteiger partial charge is 0.310 e. The number of anilines is 9. The summed E-state index contributed by atoms with van der Waals surface area (Å²) in [5.41, 5.74) is 16.5. The standard InChI is InChI=1S/C74H51N3S/c1-4-19-52(20-5-1)55-37-43-60(44-38-55)75(70-33-16-27-58-25-10-12-29-66(58)70)63-49-64(76(71-34-17-28-59-26-11-13-30-67(59)71)61-45-39-56(40-46-61)53-21-6-2-7-22-53)51-65(50-63)77(62-47-41-57(42-48-62)54-23-8-3-9-24-54)72-35-18-32-69-68-31-14-15-36-73(68)78-74(69)72/h1-51H. The van der Waals surface area contributed by atoms with Crippen LogP contribution < -0.4 is 14.7 Å². The zero-order chi connectivity index (χ0) is 51.8. The quantitative estimate of drug-likeness (QED) is 0.121. The first kappa shape index (κ1) is 46.5. The lowest BCUT2D eigenvalue weighted by Gasteiger charge is -2.34. The fraction of sp³-hybridized carbons (Fsp3) is 0. The lowest BCUT2D eigenvalue weighted by molar-refractivity contribution is 1.23. The Balaban J connectivity index is 1.07. The van der Waals surface area contributed by atoms with Gasteiger partial charge in [0.1, 0.15) is 0 Å². The van der Waals surface area contributed by atoms with Gasteiger partial charge in [0.05, 0.1) is 38.8 Å². The van der Waals surface area contributed by atoms with Gasteiger partial charge in [-0.15, -0.1) is 11.3 Å². The summed E-state index contributed by atoms with van der Waals surface area (Å²) in [6.07, 6.45) is 0. The Morgan fingerprint density at radius 3 is 0.949 bits per heavy atom. The van der Waals surface area contributed by atoms with E-state index in [1.165, 1.54) is 47.6 Å². The number of benzene rings is 13. The Labute approximate surface area is 459 Å². The Hall–Kier alpha value is -10.0. The van der Waals surface area contributed by atoms with E-state index in [4.69, 9.17) is 0 Å². The molecule has 78 heavy (non-hydrogen) atoms. The van der Waals surface area contributed by atoms with Gasteiger partial charge in [0.25, 0.3) is 0 Å². The molecule has 0 spiro atoms. The molecule has 0 aliphatic heterocycles. The molecule has 0 saturated heterocycles. The molecule has 0 aliphatic carbocycles. The minimum atomic E-state index is 1.01. The lowest BCUT2D eigenvalue weighted by Crippen LogP contribution is -2.16. The molecule has 1 heterocycles. The fourth-order valence-corrected chi connectivity index (χ4v) is 12.5. The molecular weight excluding hydrogens is 963 g/mol. The molecule has 0 N–H and O–H groups in total. The van der Waals surface area contributed by atoms with Gasteiger partial charge in [-0.05, 0) is 123 Å². The van der Waals surface area contributed by atoms with Crippen molar-refractivity contribution in [3.05, 3.63) is 309 Å². The second-order valence-electron chi connectivity index (χ2n) is 19.7. The van der Waals surface area contributed by atoms with Gasteiger partial charge in [-0.3, -0.25) is 0 Å². The molecule has 1 aromatic heterocycles. The first-order chi connectivity index (χ1) is 38.7. The zero-order valence-electron chi connectivity index (χ0n) is 42.7. The van der Waals surface area contributed by atoms with Crippen molar-refractivity contribution in [3.63, 3.8) is 0 Å². The second kappa shape index (κ2) is 20.3. The second-order valence-corrected chi connectivity index (χ2v) is 20.8. The van der Waals surface area contributed by atoms with Crippen LogP contribution in [0.15, 0.2) is 309 Å². The summed E-state index contributed by atoms with van der Waals surface area (Å²) in [6, 6.07) is 113. The number of hydrogen-bond acceptors (Lipinski definition) is 4. The topological polar surface area (TPSA) is 9.72 Å². The van der Waals surface area contributed by atoms with Crippen molar-refractivity contribution in [1.82, 2.24) is 0 Å². The van der Waals surface area contributed by atoms with Gasteiger partial charge >= 0.3 is 0 Å². The van der Waals surface area contributed by atoms with E-state index in [2.05, 4.69) is 324 Å². The Morgan fingerprint density at radius 1 is 0.205 bits per heavy atom. The molecule has 0 radical (unpaired) electrons. The fourth-order valence-electron chi connectivity index (χ4n) is 11.3. The average Bonchev–Trinajstić information content (AvgIpc) is 4.09. The molecule has 14 rings (SSSR count). The summed E-state index contributed by atoms with van der Waals surface area (Å²) in [5, 5.41) is 7.15. The number of thiophene rings is 1. The average molecular weight is 1010 g/mol. The van der Waals surface area contributed by atoms with E-state index in [1.807, 2.05) is 11.3 Å². The first-order valence-corrected chi connectivity index (χ1v) is 27.4. The molecule has 0 amide bonds. The van der Waals surface area contributed by atoms with Crippen LogP contribution in [-0.2, 0) is 0 Å². The summed E-state index contributed by atoms with van der Waals surface area (Å²) in [5.74, 6) is 0. The van der Waals surface area contributed by atoms with Crippen LogP contribution in [0.2, 0.25) is 0 Å². The maximum atomic E-state index is 2.49. The minimum Gasteiger partial charge on any atom is -0.310 e. The molecule has 3 nitrogen and oxygen atoms in total. The molecule has 0 fully saturated rings. The molecule has 0 aliphatic rings. The smallest absolute Gasteiger partial charge is 0.0640 e. The summed E-state index contributed by atoms with van der Waals surface area (Å²) in [4.78, 5) is 7.40. The van der Waals surface area contributed by atoms with Gasteiger partial charge in [0.15, 0.2) is 0 Å². The third-order valence-corrected chi connectivity index (χ3v) is 16.2. The van der Waals surface area contributed by atoms with Crippen LogP contribution in [0, 0.1) is 0 Å². The van der Waals surface area contributed by atoms with Crippen molar-refractivity contribution < 1.29 is 0 Å². The van der Waals surface area contributed by atoms with Crippen LogP contribution in [0.3, 0.4) is 0 Å². The molecule has 13 aromatic carbocycles. The predicted octanol–water partition coefficient (Wildman–Crippen LogP) is 21.8. The molecule has 0 atom stereocenters. The maximum Gasteiger partial charge on any atom is 0.0640 e. The molecule has 14 aromatic rings. The van der Waals surface area contributed by atoms with Crippen LogP contribution >= 0.6 is 11.3 Å². The first-order valence-electron chi connectivity index (χ1n) is 26.6. The number of hydrogen-bond donors (Lipinski definition) is 0. The van der Waals surface area contributed by atoms with Crippen molar-refractivity contribution in [2.45, 2.75) is 0 Å². The monoisotopic (exact) mass is 1010 g/mol. The molecular formula is C74H51N3S. The summed E-state index contributed by atoms with van der Waals surface area (Å²) in [7, 11) is 0. The highest BCUT2D eigenvalue weighted by Crippen LogP contribution is 2.51. The normalized spacial score (nSPS) is 11.3. The van der Waals surface area contributed by atoms with Crippen LogP contribution in [-0.4, -0.2) is 0 Å². The van der Waals surface area contributed by atoms with Crippen LogP contribution in [0.1, 0.15) is 0 Å². The van der Waals surface area contributed by atoms with E-state index in [0.29, 0.717) is 0 Å². The van der Waals surface area contributed by atoms with E-state index in [1.54, 1.807) is 0 Å². The maximum absolute atomic E-state index is 2.49. The SMILES string of the molecule is c1ccc(-c2ccc(N(c3cc(N(c4ccc(-c5ccccc5)cc4)c4cccc5ccccc45)cc(N(c4ccc(-c5ccccc5)cc4)c4cccc5c4sc4ccccc45)c3)c3cccc4ccccc34)cc2)cc1. The van der Waals surface area contributed by atoms with Crippen LogP contribution in [0.4, 0.5) is 51.2 Å². The van der Waals surface area contributed by atoms with Gasteiger partial charge in [-0.25, -0.2) is 0 Å². The Kier molecular flexibility index (Phi) is 12.1. The Morgan fingerprint density at radius 2 is 0.513 bits per heavy atom. The van der Waals surface area contributed by atoms with Crippen molar-refractivity contribution in [1.29, 1.82) is 0 Å². The zero-order valence-corrected chi connectivity index (χ0v) is 43.5. The molecule has 0 bridgehead atoms. The highest BCUT2D eigenvalue weighted by Gasteiger charge is 2.26. The number of fused-ring (bicyclic) bond motifs is 5. The highest BCUT2D eigenvalue weighted by molar-refractivity contribution is 7.26. The molecule has 4 heteroatoms. The lowest BCUT2D eigenvalue weighted by atomic mass is 10.0. The van der Waals surface area contributed by atoms with E-state index in [-0.39, 0.29) is 0 Å². The van der Waals surface area contributed by atoms with E-state index in [9.17, 15) is 0 Å². The van der Waals surface area contributed by atoms with Crippen molar-refractivity contribution in [2.24, 2.45) is 0 Å². The number of nitrogens with zero attached hydrogens (tertiary/aromatic N) is 3. The van der Waals surface area contributed by atoms with Gasteiger partial charge in [-0.1, -0.05) is 231 Å². The van der Waals surface area contributed by atoms with Crippen molar-refractivity contribution in [2.75, 3.05) is 14.7 Å². The van der Waals surface area contributed by atoms with Crippen molar-refractivity contribution in [3.8, 4) is 33.4 Å². The third-order valence-electron chi connectivity index (χ3n) is 15.0. The summed E-state index contributed by atoms with van der Waals surface area (Å²) in [6.45, 7) is 0. The van der Waals surface area contributed by atoms with E-state index < -0.39 is 0 Å². The van der Waals surface area contributed by atoms with E-state index >= 15 is 0 Å². The van der Waals surface area contributed by atoms with Crippen LogP contribution in [0.5, 0.6) is 0 Å². The van der Waals surface area contributed by atoms with E-state index in [0.717, 1.165) is 78.6 Å². The van der Waals surface area contributed by atoms with Crippen molar-refractivity contribution >= 4 is 104 Å². The summed E-state index contributed by atoms with van der Waals surface area (Å²) < 4.78 is 2.48. The van der Waals surface area contributed by atoms with Gasteiger partial charge < -0.3 is 14.7 Å². The highest BCUT2D eigenvalue weighted by atomic mass is 32.1. The molecule has 368 valence electrons.